The molecule has 0 aliphatic rings. The summed E-state index contributed by atoms with van der Waals surface area (Å²) in [5.41, 5.74) is 2.33. The van der Waals surface area contributed by atoms with E-state index in [1.165, 1.54) is 5.56 Å². The number of benzene rings is 2. The summed E-state index contributed by atoms with van der Waals surface area (Å²) >= 11 is 3.60. The van der Waals surface area contributed by atoms with Crippen LogP contribution in [-0.2, 0) is 11.3 Å². The fourth-order valence-corrected chi connectivity index (χ4v) is 2.98. The summed E-state index contributed by atoms with van der Waals surface area (Å²) in [5, 5.41) is 0. The fraction of sp³-hybridized carbons (Fsp3) is 0.333. The summed E-state index contributed by atoms with van der Waals surface area (Å²) in [6.07, 6.45) is 0. The van der Waals surface area contributed by atoms with Crippen LogP contribution in [0.4, 0.5) is 0 Å². The minimum atomic E-state index is 0.248. The van der Waals surface area contributed by atoms with Gasteiger partial charge in [-0.3, -0.25) is 0 Å². The van der Waals surface area contributed by atoms with Crippen molar-refractivity contribution >= 4 is 15.9 Å². The van der Waals surface area contributed by atoms with E-state index in [-0.39, 0.29) is 5.92 Å². The van der Waals surface area contributed by atoms with Crippen molar-refractivity contribution < 1.29 is 14.2 Å². The second kappa shape index (κ2) is 8.20. The van der Waals surface area contributed by atoms with Gasteiger partial charge in [-0.05, 0) is 23.3 Å². The largest absolute Gasteiger partial charge is 0.493 e. The minimum Gasteiger partial charge on any atom is -0.493 e. The van der Waals surface area contributed by atoms with E-state index in [2.05, 4.69) is 35.0 Å². The monoisotopic (exact) mass is 364 g/mol. The number of halogens is 1. The summed E-state index contributed by atoms with van der Waals surface area (Å²) < 4.78 is 17.5. The maximum absolute atomic E-state index is 5.83. The van der Waals surface area contributed by atoms with Crippen molar-refractivity contribution in [3.63, 3.8) is 0 Å². The molecule has 1 unspecified atom stereocenters. The highest BCUT2D eigenvalue weighted by Crippen LogP contribution is 2.36. The molecular formula is C18H21BrO3. The zero-order chi connectivity index (χ0) is 15.9. The molecule has 0 saturated heterocycles. The number of methoxy groups -OCH3 is 2. The van der Waals surface area contributed by atoms with Gasteiger partial charge in [-0.1, -0.05) is 53.2 Å². The van der Waals surface area contributed by atoms with E-state index in [0.29, 0.717) is 13.2 Å². The Bertz CT molecular complexity index is 599. The Morgan fingerprint density at radius 2 is 1.64 bits per heavy atom. The van der Waals surface area contributed by atoms with E-state index in [0.717, 1.165) is 21.5 Å². The van der Waals surface area contributed by atoms with E-state index >= 15 is 0 Å². The second-order valence-corrected chi connectivity index (χ2v) is 5.98. The predicted molar refractivity (Wildman–Crippen MR) is 91.8 cm³/mol. The molecule has 0 amide bonds. The van der Waals surface area contributed by atoms with Gasteiger partial charge in [0.25, 0.3) is 0 Å². The van der Waals surface area contributed by atoms with Gasteiger partial charge in [0.15, 0.2) is 11.5 Å². The molecule has 0 aliphatic carbocycles. The van der Waals surface area contributed by atoms with Crippen LogP contribution in [0.15, 0.2) is 46.9 Å². The van der Waals surface area contributed by atoms with Gasteiger partial charge >= 0.3 is 0 Å². The Morgan fingerprint density at radius 1 is 1.00 bits per heavy atom. The average molecular weight is 365 g/mol. The third-order valence-corrected chi connectivity index (χ3v) is 4.20. The molecule has 3 nitrogen and oxygen atoms in total. The zero-order valence-electron chi connectivity index (χ0n) is 13.1. The van der Waals surface area contributed by atoms with Gasteiger partial charge in [0.05, 0.1) is 27.4 Å². The molecule has 0 aliphatic heterocycles. The molecule has 0 spiro atoms. The highest BCUT2D eigenvalue weighted by atomic mass is 79.9. The van der Waals surface area contributed by atoms with Crippen molar-refractivity contribution in [1.29, 1.82) is 0 Å². The first kappa shape index (κ1) is 16.8. The van der Waals surface area contributed by atoms with Crippen LogP contribution in [0.5, 0.6) is 11.5 Å². The van der Waals surface area contributed by atoms with Crippen molar-refractivity contribution in [2.24, 2.45) is 0 Å². The van der Waals surface area contributed by atoms with Crippen LogP contribution >= 0.6 is 15.9 Å². The van der Waals surface area contributed by atoms with E-state index < -0.39 is 0 Å². The summed E-state index contributed by atoms with van der Waals surface area (Å²) in [7, 11) is 3.28. The van der Waals surface area contributed by atoms with Gasteiger partial charge in [-0.15, -0.1) is 0 Å². The molecule has 22 heavy (non-hydrogen) atoms. The molecule has 0 bridgehead atoms. The molecule has 1 atom stereocenters. The third-order valence-electron chi connectivity index (χ3n) is 3.51. The summed E-state index contributed by atoms with van der Waals surface area (Å²) in [5.74, 6) is 1.70. The van der Waals surface area contributed by atoms with Gasteiger partial charge in [0.2, 0.25) is 0 Å². The molecule has 0 radical (unpaired) electrons. The lowest BCUT2D eigenvalue weighted by molar-refractivity contribution is 0.110. The van der Waals surface area contributed by atoms with E-state index in [1.807, 2.05) is 30.3 Å². The fourth-order valence-electron chi connectivity index (χ4n) is 2.27. The molecule has 118 valence electrons. The van der Waals surface area contributed by atoms with Crippen LogP contribution < -0.4 is 9.47 Å². The van der Waals surface area contributed by atoms with Crippen molar-refractivity contribution in [2.75, 3.05) is 20.8 Å². The lowest BCUT2D eigenvalue weighted by Gasteiger charge is -2.17. The van der Waals surface area contributed by atoms with Gasteiger partial charge in [-0.25, -0.2) is 0 Å². The Kier molecular flexibility index (Phi) is 6.28. The lowest BCUT2D eigenvalue weighted by atomic mass is 10.0. The lowest BCUT2D eigenvalue weighted by Crippen LogP contribution is -2.06. The second-order valence-electron chi connectivity index (χ2n) is 5.13. The van der Waals surface area contributed by atoms with Crippen molar-refractivity contribution in [3.05, 3.63) is 58.1 Å². The van der Waals surface area contributed by atoms with Crippen LogP contribution in [0.1, 0.15) is 24.0 Å². The number of rotatable bonds is 7. The maximum atomic E-state index is 5.83. The molecule has 2 aromatic rings. The topological polar surface area (TPSA) is 27.7 Å². The number of hydrogen-bond donors (Lipinski definition) is 0. The molecule has 0 fully saturated rings. The normalized spacial score (nSPS) is 12.0. The van der Waals surface area contributed by atoms with Gasteiger partial charge in [0.1, 0.15) is 0 Å². The first-order chi connectivity index (χ1) is 10.7. The van der Waals surface area contributed by atoms with Gasteiger partial charge < -0.3 is 14.2 Å². The van der Waals surface area contributed by atoms with Crippen molar-refractivity contribution in [1.82, 2.24) is 0 Å². The van der Waals surface area contributed by atoms with Crippen LogP contribution in [-0.4, -0.2) is 20.8 Å². The smallest absolute Gasteiger partial charge is 0.161 e. The van der Waals surface area contributed by atoms with Crippen molar-refractivity contribution in [3.8, 4) is 11.5 Å². The summed E-state index contributed by atoms with van der Waals surface area (Å²) in [4.78, 5) is 0. The van der Waals surface area contributed by atoms with Crippen LogP contribution in [0.25, 0.3) is 0 Å². The van der Waals surface area contributed by atoms with E-state index in [4.69, 9.17) is 14.2 Å². The average Bonchev–Trinajstić information content (AvgIpc) is 2.55. The highest BCUT2D eigenvalue weighted by molar-refractivity contribution is 9.10. The Hall–Kier alpha value is -1.52. The predicted octanol–water partition coefficient (Wildman–Crippen LogP) is 4.79. The van der Waals surface area contributed by atoms with Gasteiger partial charge in [-0.2, -0.15) is 0 Å². The molecule has 0 saturated carbocycles. The standard InChI is InChI=1S/C18H21BrO3/c1-13(11-22-12-14-7-5-4-6-8-14)15-9-17(20-2)18(21-3)10-16(15)19/h4-10,13H,11-12H2,1-3H3. The minimum absolute atomic E-state index is 0.248. The van der Waals surface area contributed by atoms with E-state index in [1.54, 1.807) is 14.2 Å². The first-order valence-electron chi connectivity index (χ1n) is 7.18. The highest BCUT2D eigenvalue weighted by Gasteiger charge is 2.15. The summed E-state index contributed by atoms with van der Waals surface area (Å²) in [6, 6.07) is 14.1. The van der Waals surface area contributed by atoms with E-state index in [9.17, 15) is 0 Å². The van der Waals surface area contributed by atoms with Crippen LogP contribution in [0.3, 0.4) is 0 Å². The van der Waals surface area contributed by atoms with Crippen molar-refractivity contribution in [2.45, 2.75) is 19.4 Å². The quantitative estimate of drug-likeness (QED) is 0.706. The third kappa shape index (κ3) is 4.24. The SMILES string of the molecule is COc1cc(Br)c(C(C)COCc2ccccc2)cc1OC. The Labute approximate surface area is 140 Å². The molecule has 0 aromatic heterocycles. The first-order valence-corrected chi connectivity index (χ1v) is 7.98. The van der Waals surface area contributed by atoms with Crippen LogP contribution in [0, 0.1) is 0 Å². The maximum Gasteiger partial charge on any atom is 0.161 e. The van der Waals surface area contributed by atoms with Crippen LogP contribution in [0.2, 0.25) is 0 Å². The molecule has 4 heteroatoms. The summed E-state index contributed by atoms with van der Waals surface area (Å²) in [6.45, 7) is 3.40. The molecular weight excluding hydrogens is 344 g/mol. The molecule has 0 N–H and O–H groups in total. The Morgan fingerprint density at radius 3 is 2.27 bits per heavy atom. The Balaban J connectivity index is 2.01. The number of ether oxygens (including phenoxy) is 3. The molecule has 2 aromatic carbocycles. The molecule has 2 rings (SSSR count). The zero-order valence-corrected chi connectivity index (χ0v) is 14.7. The molecule has 0 heterocycles. The number of hydrogen-bond acceptors (Lipinski definition) is 3. The van der Waals surface area contributed by atoms with Gasteiger partial charge in [0, 0.05) is 10.4 Å².